The molecule has 1 heterocycles. The number of hydrogen-bond acceptors (Lipinski definition) is 2. The average molecular weight is 396 g/mol. The van der Waals surface area contributed by atoms with Gasteiger partial charge in [0.15, 0.2) is 5.11 Å². The van der Waals surface area contributed by atoms with Gasteiger partial charge in [-0.05, 0) is 73.8 Å². The lowest BCUT2D eigenvalue weighted by Gasteiger charge is -2.26. The van der Waals surface area contributed by atoms with Crippen molar-refractivity contribution >= 4 is 34.6 Å². The Kier molecular flexibility index (Phi) is 6.35. The van der Waals surface area contributed by atoms with Gasteiger partial charge < -0.3 is 15.5 Å². The Bertz CT molecular complexity index is 861. The van der Waals surface area contributed by atoms with Crippen LogP contribution in [0, 0.1) is 19.8 Å². The van der Waals surface area contributed by atoms with Crippen molar-refractivity contribution in [3.8, 4) is 0 Å². The molecular weight excluding hydrogens is 366 g/mol. The smallest absolute Gasteiger partial charge is 0.227 e. The van der Waals surface area contributed by atoms with Gasteiger partial charge in [-0.3, -0.25) is 4.79 Å². The molecule has 2 N–H and O–H groups in total. The van der Waals surface area contributed by atoms with Crippen molar-refractivity contribution in [1.29, 1.82) is 0 Å². The monoisotopic (exact) mass is 395 g/mol. The molecule has 0 aliphatic carbocycles. The zero-order valence-corrected chi connectivity index (χ0v) is 17.9. The molecule has 3 rings (SSSR count). The lowest BCUT2D eigenvalue weighted by Crippen LogP contribution is -2.35. The van der Waals surface area contributed by atoms with Gasteiger partial charge in [0, 0.05) is 24.3 Å². The third-order valence-corrected chi connectivity index (χ3v) is 5.44. The van der Waals surface area contributed by atoms with E-state index in [1.165, 1.54) is 16.7 Å². The second-order valence-corrected chi connectivity index (χ2v) is 8.28. The summed E-state index contributed by atoms with van der Waals surface area (Å²) in [7, 11) is 0. The highest BCUT2D eigenvalue weighted by atomic mass is 32.1. The van der Waals surface area contributed by atoms with Gasteiger partial charge in [-0.1, -0.05) is 37.6 Å². The quantitative estimate of drug-likeness (QED) is 0.690. The average Bonchev–Trinajstić information content (AvgIpc) is 3.07. The fourth-order valence-electron chi connectivity index (χ4n) is 3.73. The number of nitrogens with one attached hydrogen (secondary N) is 2. The standard InChI is InChI=1S/C23H29N3OS/c1-15(2)22(20-12-7-16(3)14-17(20)4)25-23(28)24-18-8-10-19(11-9-18)26-13-5-6-21(26)27/h7-12,14-15,22H,5-6,13H2,1-4H3,(H2,24,25,28). The van der Waals surface area contributed by atoms with Gasteiger partial charge in [-0.15, -0.1) is 0 Å². The number of amides is 1. The zero-order chi connectivity index (χ0) is 20.3. The Balaban J connectivity index is 1.67. The predicted molar refractivity (Wildman–Crippen MR) is 121 cm³/mol. The summed E-state index contributed by atoms with van der Waals surface area (Å²) in [6.07, 6.45) is 1.57. The first-order chi connectivity index (χ1) is 13.3. The number of anilines is 2. The van der Waals surface area contributed by atoms with Crippen LogP contribution < -0.4 is 15.5 Å². The molecule has 1 aliphatic rings. The van der Waals surface area contributed by atoms with Gasteiger partial charge in [0.25, 0.3) is 0 Å². The number of nitrogens with zero attached hydrogens (tertiary/aromatic N) is 1. The molecule has 0 spiro atoms. The Labute approximate surface area is 173 Å². The van der Waals surface area contributed by atoms with Crippen molar-refractivity contribution in [2.75, 3.05) is 16.8 Å². The molecule has 28 heavy (non-hydrogen) atoms. The van der Waals surface area contributed by atoms with Crippen LogP contribution in [-0.4, -0.2) is 17.6 Å². The van der Waals surface area contributed by atoms with Crippen LogP contribution >= 0.6 is 12.2 Å². The minimum atomic E-state index is 0.141. The molecular formula is C23H29N3OS. The summed E-state index contributed by atoms with van der Waals surface area (Å²) < 4.78 is 0. The second kappa shape index (κ2) is 8.74. The molecule has 0 radical (unpaired) electrons. The highest BCUT2D eigenvalue weighted by molar-refractivity contribution is 7.80. The number of thiocarbonyl (C=S) groups is 1. The van der Waals surface area contributed by atoms with Gasteiger partial charge in [0.2, 0.25) is 5.91 Å². The van der Waals surface area contributed by atoms with E-state index in [-0.39, 0.29) is 11.9 Å². The molecule has 0 bridgehead atoms. The molecule has 1 fully saturated rings. The molecule has 1 aliphatic heterocycles. The molecule has 148 valence electrons. The molecule has 0 saturated carbocycles. The molecule has 0 aromatic heterocycles. The van der Waals surface area contributed by atoms with Crippen LogP contribution in [0.15, 0.2) is 42.5 Å². The molecule has 1 unspecified atom stereocenters. The van der Waals surface area contributed by atoms with Gasteiger partial charge in [-0.25, -0.2) is 0 Å². The van der Waals surface area contributed by atoms with E-state index in [1.54, 1.807) is 0 Å². The predicted octanol–water partition coefficient (Wildman–Crippen LogP) is 5.11. The summed E-state index contributed by atoms with van der Waals surface area (Å²) in [5.74, 6) is 0.593. The van der Waals surface area contributed by atoms with Crippen molar-refractivity contribution in [2.24, 2.45) is 5.92 Å². The zero-order valence-electron chi connectivity index (χ0n) is 17.1. The highest BCUT2D eigenvalue weighted by Gasteiger charge is 2.22. The third kappa shape index (κ3) is 4.71. The lowest BCUT2D eigenvalue weighted by atomic mass is 9.92. The van der Waals surface area contributed by atoms with Crippen LogP contribution in [0.1, 0.15) is 49.4 Å². The van der Waals surface area contributed by atoms with Crippen molar-refractivity contribution in [3.05, 3.63) is 59.2 Å². The van der Waals surface area contributed by atoms with E-state index in [1.807, 2.05) is 29.2 Å². The molecule has 2 aromatic rings. The first-order valence-electron chi connectivity index (χ1n) is 9.90. The lowest BCUT2D eigenvalue weighted by molar-refractivity contribution is -0.117. The maximum absolute atomic E-state index is 11.9. The summed E-state index contributed by atoms with van der Waals surface area (Å²) in [5.41, 5.74) is 5.67. The van der Waals surface area contributed by atoms with Gasteiger partial charge in [-0.2, -0.15) is 0 Å². The second-order valence-electron chi connectivity index (χ2n) is 7.88. The minimum Gasteiger partial charge on any atom is -0.355 e. The topological polar surface area (TPSA) is 44.4 Å². The van der Waals surface area contributed by atoms with Crippen LogP contribution in [0.4, 0.5) is 11.4 Å². The fraction of sp³-hybridized carbons (Fsp3) is 0.391. The summed E-state index contributed by atoms with van der Waals surface area (Å²) in [6, 6.07) is 14.6. The Morgan fingerprint density at radius 3 is 2.39 bits per heavy atom. The Hall–Kier alpha value is -2.40. The summed E-state index contributed by atoms with van der Waals surface area (Å²) >= 11 is 5.57. The van der Waals surface area contributed by atoms with Crippen LogP contribution in [-0.2, 0) is 4.79 Å². The molecule has 1 amide bonds. The van der Waals surface area contributed by atoms with Gasteiger partial charge >= 0.3 is 0 Å². The van der Waals surface area contributed by atoms with Gasteiger partial charge in [0.05, 0.1) is 6.04 Å². The van der Waals surface area contributed by atoms with Gasteiger partial charge in [0.1, 0.15) is 0 Å². The number of hydrogen-bond donors (Lipinski definition) is 2. The van der Waals surface area contributed by atoms with E-state index in [0.29, 0.717) is 17.5 Å². The van der Waals surface area contributed by atoms with E-state index >= 15 is 0 Å². The third-order valence-electron chi connectivity index (χ3n) is 5.22. The Morgan fingerprint density at radius 2 is 1.82 bits per heavy atom. The van der Waals surface area contributed by atoms with Crippen molar-refractivity contribution in [2.45, 2.75) is 46.6 Å². The van der Waals surface area contributed by atoms with Crippen LogP contribution in [0.2, 0.25) is 0 Å². The summed E-state index contributed by atoms with van der Waals surface area (Å²) in [4.78, 5) is 13.7. The number of carbonyl (C=O) groups is 1. The van der Waals surface area contributed by atoms with Crippen LogP contribution in [0.5, 0.6) is 0 Å². The van der Waals surface area contributed by atoms with E-state index in [4.69, 9.17) is 12.2 Å². The van der Waals surface area contributed by atoms with E-state index in [9.17, 15) is 4.79 Å². The first-order valence-corrected chi connectivity index (χ1v) is 10.3. The first kappa shape index (κ1) is 20.3. The number of aryl methyl sites for hydroxylation is 2. The van der Waals surface area contributed by atoms with E-state index < -0.39 is 0 Å². The summed E-state index contributed by atoms with van der Waals surface area (Å²) in [5, 5.41) is 7.35. The van der Waals surface area contributed by atoms with Crippen molar-refractivity contribution in [1.82, 2.24) is 5.32 Å². The number of carbonyl (C=O) groups excluding carboxylic acids is 1. The maximum Gasteiger partial charge on any atom is 0.227 e. The van der Waals surface area contributed by atoms with Crippen LogP contribution in [0.25, 0.3) is 0 Å². The SMILES string of the molecule is Cc1ccc(C(NC(=S)Nc2ccc(N3CCCC3=O)cc2)C(C)C)c(C)c1. The minimum absolute atomic E-state index is 0.141. The highest BCUT2D eigenvalue weighted by Crippen LogP contribution is 2.26. The van der Waals surface area contributed by atoms with E-state index in [0.717, 1.165) is 24.3 Å². The normalized spacial score (nSPS) is 15.0. The molecule has 4 nitrogen and oxygen atoms in total. The van der Waals surface area contributed by atoms with Crippen LogP contribution in [0.3, 0.4) is 0 Å². The van der Waals surface area contributed by atoms with Crippen molar-refractivity contribution < 1.29 is 4.79 Å². The number of rotatable bonds is 5. The largest absolute Gasteiger partial charge is 0.355 e. The van der Waals surface area contributed by atoms with E-state index in [2.05, 4.69) is 56.5 Å². The number of benzene rings is 2. The fourth-order valence-corrected chi connectivity index (χ4v) is 3.98. The maximum atomic E-state index is 11.9. The molecule has 2 aromatic carbocycles. The summed E-state index contributed by atoms with van der Waals surface area (Å²) in [6.45, 7) is 9.45. The molecule has 1 saturated heterocycles. The Morgan fingerprint density at radius 1 is 1.11 bits per heavy atom. The molecule has 5 heteroatoms. The molecule has 1 atom stereocenters. The van der Waals surface area contributed by atoms with Crippen molar-refractivity contribution in [3.63, 3.8) is 0 Å².